The van der Waals surface area contributed by atoms with E-state index >= 15 is 0 Å². The molecule has 1 aliphatic carbocycles. The Hall–Kier alpha value is -0.590. The summed E-state index contributed by atoms with van der Waals surface area (Å²) in [6.07, 6.45) is 8.55. The summed E-state index contributed by atoms with van der Waals surface area (Å²) in [5.41, 5.74) is 0.354. The summed E-state index contributed by atoms with van der Waals surface area (Å²) in [6.45, 7) is 10.2. The number of nitrogens with one attached hydrogen (secondary N) is 1. The zero-order valence-corrected chi connectivity index (χ0v) is 13.5. The summed E-state index contributed by atoms with van der Waals surface area (Å²) in [7, 11) is 0. The lowest BCUT2D eigenvalue weighted by Gasteiger charge is -2.43. The number of nitriles is 1. The van der Waals surface area contributed by atoms with Crippen LogP contribution in [0.3, 0.4) is 0 Å². The molecular weight excluding hydrogens is 246 g/mol. The van der Waals surface area contributed by atoms with Crippen molar-refractivity contribution in [1.29, 1.82) is 5.26 Å². The molecule has 1 N–H and O–H groups in total. The van der Waals surface area contributed by atoms with Crippen LogP contribution >= 0.6 is 0 Å². The zero-order valence-electron chi connectivity index (χ0n) is 13.5. The van der Waals surface area contributed by atoms with Crippen LogP contribution in [0.25, 0.3) is 0 Å². The van der Waals surface area contributed by atoms with Gasteiger partial charge in [-0.15, -0.1) is 0 Å². The van der Waals surface area contributed by atoms with Crippen LogP contribution in [0.15, 0.2) is 0 Å². The molecule has 2 fully saturated rings. The fraction of sp³-hybridized carbons (Fsp3) is 0.941. The maximum atomic E-state index is 9.49. The minimum Gasteiger partial charge on any atom is -0.300 e. The van der Waals surface area contributed by atoms with Crippen molar-refractivity contribution in [2.24, 2.45) is 5.41 Å². The van der Waals surface area contributed by atoms with Crippen LogP contribution < -0.4 is 5.32 Å². The molecule has 1 saturated carbocycles. The van der Waals surface area contributed by atoms with Gasteiger partial charge in [0.25, 0.3) is 0 Å². The highest BCUT2D eigenvalue weighted by molar-refractivity contribution is 5.13. The molecule has 1 aliphatic heterocycles. The zero-order chi connectivity index (χ0) is 14.6. The van der Waals surface area contributed by atoms with E-state index in [1.807, 2.05) is 0 Å². The molecule has 0 radical (unpaired) electrons. The Morgan fingerprint density at radius 3 is 2.30 bits per heavy atom. The number of rotatable bonds is 5. The predicted molar refractivity (Wildman–Crippen MR) is 83.5 cm³/mol. The molecule has 0 aromatic carbocycles. The highest BCUT2D eigenvalue weighted by Crippen LogP contribution is 2.41. The minimum absolute atomic E-state index is 0.247. The van der Waals surface area contributed by atoms with Gasteiger partial charge in [0.05, 0.1) is 6.07 Å². The fourth-order valence-corrected chi connectivity index (χ4v) is 4.29. The fourth-order valence-electron chi connectivity index (χ4n) is 4.29. The molecule has 0 amide bonds. The van der Waals surface area contributed by atoms with Gasteiger partial charge in [0.2, 0.25) is 0 Å². The van der Waals surface area contributed by atoms with Gasteiger partial charge >= 0.3 is 0 Å². The van der Waals surface area contributed by atoms with Crippen molar-refractivity contribution in [3.05, 3.63) is 0 Å². The first kappa shape index (κ1) is 15.8. The third-order valence-electron chi connectivity index (χ3n) is 6.09. The molecule has 0 aromatic rings. The van der Waals surface area contributed by atoms with Crippen molar-refractivity contribution in [2.45, 2.75) is 77.3 Å². The normalized spacial score (nSPS) is 34.0. The summed E-state index contributed by atoms with van der Waals surface area (Å²) in [4.78, 5) is 2.67. The maximum absolute atomic E-state index is 9.49. The Morgan fingerprint density at radius 2 is 1.80 bits per heavy atom. The molecule has 2 rings (SSSR count). The van der Waals surface area contributed by atoms with Crippen molar-refractivity contribution in [3.8, 4) is 6.07 Å². The second-order valence-corrected chi connectivity index (χ2v) is 6.86. The van der Waals surface area contributed by atoms with E-state index in [0.717, 1.165) is 19.4 Å². The van der Waals surface area contributed by atoms with Gasteiger partial charge in [-0.05, 0) is 57.2 Å². The van der Waals surface area contributed by atoms with Crippen LogP contribution in [0.4, 0.5) is 0 Å². The number of hydrogen-bond acceptors (Lipinski definition) is 3. The van der Waals surface area contributed by atoms with Gasteiger partial charge in [-0.25, -0.2) is 0 Å². The van der Waals surface area contributed by atoms with Crippen molar-refractivity contribution >= 4 is 0 Å². The molecule has 1 saturated heterocycles. The molecule has 1 heterocycles. The lowest BCUT2D eigenvalue weighted by molar-refractivity contribution is 0.0661. The third-order valence-corrected chi connectivity index (χ3v) is 6.09. The second kappa shape index (κ2) is 6.45. The Morgan fingerprint density at radius 1 is 1.15 bits per heavy atom. The molecule has 20 heavy (non-hydrogen) atoms. The Bertz CT molecular complexity index is 346. The Balaban J connectivity index is 1.91. The van der Waals surface area contributed by atoms with Gasteiger partial charge in [0.1, 0.15) is 5.54 Å². The van der Waals surface area contributed by atoms with Crippen LogP contribution in [0.1, 0.15) is 65.7 Å². The monoisotopic (exact) mass is 277 g/mol. The topological polar surface area (TPSA) is 39.1 Å². The highest BCUT2D eigenvalue weighted by Gasteiger charge is 2.42. The largest absolute Gasteiger partial charge is 0.300 e. The third kappa shape index (κ3) is 3.02. The van der Waals surface area contributed by atoms with Crippen LogP contribution in [0.5, 0.6) is 0 Å². The van der Waals surface area contributed by atoms with Crippen LogP contribution in [0.2, 0.25) is 0 Å². The van der Waals surface area contributed by atoms with Gasteiger partial charge in [-0.3, -0.25) is 5.32 Å². The molecule has 0 spiro atoms. The van der Waals surface area contributed by atoms with E-state index in [1.165, 1.54) is 45.2 Å². The first-order valence-corrected chi connectivity index (χ1v) is 8.53. The van der Waals surface area contributed by atoms with Gasteiger partial charge in [-0.2, -0.15) is 5.26 Å². The van der Waals surface area contributed by atoms with E-state index in [0.29, 0.717) is 11.5 Å². The Labute approximate surface area is 124 Å². The average Bonchev–Trinajstić information content (AvgIpc) is 2.92. The summed E-state index contributed by atoms with van der Waals surface area (Å²) in [6, 6.07) is 3.17. The molecule has 2 atom stereocenters. The summed E-state index contributed by atoms with van der Waals surface area (Å²) in [5, 5.41) is 12.9. The number of hydrogen-bond donors (Lipinski definition) is 1. The number of nitrogens with zero attached hydrogens (tertiary/aromatic N) is 2. The summed E-state index contributed by atoms with van der Waals surface area (Å²) >= 11 is 0. The van der Waals surface area contributed by atoms with Crippen molar-refractivity contribution in [2.75, 3.05) is 19.6 Å². The van der Waals surface area contributed by atoms with Crippen molar-refractivity contribution in [1.82, 2.24) is 10.2 Å². The minimum atomic E-state index is -0.247. The SMILES string of the molecule is CCNC1(C#N)CCC(N2CCC(CC)(CC)CC2)C1. The highest BCUT2D eigenvalue weighted by atomic mass is 15.2. The van der Waals surface area contributed by atoms with Gasteiger partial charge in [0.15, 0.2) is 0 Å². The Kier molecular flexibility index (Phi) is 5.09. The van der Waals surface area contributed by atoms with E-state index < -0.39 is 0 Å². The van der Waals surface area contributed by atoms with Crippen LogP contribution in [-0.4, -0.2) is 36.1 Å². The van der Waals surface area contributed by atoms with Crippen LogP contribution in [-0.2, 0) is 0 Å². The maximum Gasteiger partial charge on any atom is 0.108 e. The quantitative estimate of drug-likeness (QED) is 0.838. The first-order chi connectivity index (χ1) is 9.62. The summed E-state index contributed by atoms with van der Waals surface area (Å²) in [5.74, 6) is 0. The molecule has 0 aromatic heterocycles. The van der Waals surface area contributed by atoms with Crippen LogP contribution in [0, 0.1) is 16.7 Å². The first-order valence-electron chi connectivity index (χ1n) is 8.53. The van der Waals surface area contributed by atoms with E-state index in [2.05, 4.69) is 37.1 Å². The van der Waals surface area contributed by atoms with Crippen molar-refractivity contribution in [3.63, 3.8) is 0 Å². The van der Waals surface area contributed by atoms with Gasteiger partial charge < -0.3 is 4.90 Å². The van der Waals surface area contributed by atoms with E-state index in [4.69, 9.17) is 0 Å². The smallest absolute Gasteiger partial charge is 0.108 e. The van der Waals surface area contributed by atoms with Gasteiger partial charge in [0, 0.05) is 6.04 Å². The number of likely N-dealkylation sites (tertiary alicyclic amines) is 1. The molecule has 3 nitrogen and oxygen atoms in total. The molecule has 2 unspecified atom stereocenters. The van der Waals surface area contributed by atoms with E-state index in [9.17, 15) is 5.26 Å². The lowest BCUT2D eigenvalue weighted by atomic mass is 9.74. The molecule has 2 aliphatic rings. The predicted octanol–water partition coefficient (Wildman–Crippen LogP) is 3.31. The standard InChI is InChI=1S/C17H31N3/c1-4-16(5-2)9-11-20(12-10-16)15-7-8-17(13-15,14-18)19-6-3/h15,19H,4-13H2,1-3H3. The number of piperidine rings is 1. The molecule has 0 bridgehead atoms. The molecular formula is C17H31N3. The second-order valence-electron chi connectivity index (χ2n) is 6.86. The molecule has 114 valence electrons. The molecule has 3 heteroatoms. The van der Waals surface area contributed by atoms with E-state index in [1.54, 1.807) is 0 Å². The van der Waals surface area contributed by atoms with Gasteiger partial charge in [-0.1, -0.05) is 33.6 Å². The van der Waals surface area contributed by atoms with E-state index in [-0.39, 0.29) is 5.54 Å². The average molecular weight is 277 g/mol. The lowest BCUT2D eigenvalue weighted by Crippen LogP contribution is -2.47. The van der Waals surface area contributed by atoms with Crippen molar-refractivity contribution < 1.29 is 0 Å². The summed E-state index contributed by atoms with van der Waals surface area (Å²) < 4.78 is 0.